The molecule has 0 spiro atoms. The minimum atomic E-state index is 0.251. The lowest BCUT2D eigenvalue weighted by molar-refractivity contribution is 0.301. The van der Waals surface area contributed by atoms with Gasteiger partial charge in [0.25, 0.3) is 0 Å². The first-order valence-corrected chi connectivity index (χ1v) is 12.6. The van der Waals surface area contributed by atoms with Gasteiger partial charge in [0.15, 0.2) is 0 Å². The maximum absolute atomic E-state index is 5.61. The second kappa shape index (κ2) is 13.9. The molecule has 2 rings (SSSR count). The van der Waals surface area contributed by atoms with Crippen LogP contribution in [0, 0.1) is 31.6 Å². The molecule has 1 saturated carbocycles. The van der Waals surface area contributed by atoms with Crippen LogP contribution < -0.4 is 10.6 Å². The van der Waals surface area contributed by atoms with E-state index in [-0.39, 0.29) is 5.41 Å². The monoisotopic (exact) mass is 460 g/mol. The Balaban J connectivity index is 0.000000605. The van der Waals surface area contributed by atoms with E-state index in [1.807, 2.05) is 13.8 Å². The molecule has 0 amide bonds. The lowest BCUT2D eigenvalue weighted by Gasteiger charge is -2.36. The first kappa shape index (κ1) is 29.4. The van der Waals surface area contributed by atoms with Crippen LogP contribution in [0.25, 0.3) is 0 Å². The van der Waals surface area contributed by atoms with Crippen molar-refractivity contribution >= 4 is 0 Å². The molecular weight excluding hydrogens is 412 g/mol. The average molecular weight is 461 g/mol. The standard InChI is InChI=1S/C24H38N2.C8H10/c1-10-21(17(2)3)15-18(4)20(6)26-23-14-12-11-13-22(23)25-19(5)16-24(7,8)9;1-7-4-3-5-8(2)6-7/h1,15,22-23,25-26H,5-6,11-14,16H2,2-4,7-9H3;3-6H,1-2H3/b18-15-;. The van der Waals surface area contributed by atoms with Gasteiger partial charge >= 0.3 is 0 Å². The molecule has 34 heavy (non-hydrogen) atoms. The first-order valence-electron chi connectivity index (χ1n) is 12.6. The Hall–Kier alpha value is -2.66. The molecule has 1 aliphatic rings. The third-order valence-electron chi connectivity index (χ3n) is 5.96. The summed E-state index contributed by atoms with van der Waals surface area (Å²) in [6, 6.07) is 9.22. The highest BCUT2D eigenvalue weighted by Gasteiger charge is 2.26. The van der Waals surface area contributed by atoms with E-state index < -0.39 is 0 Å². The van der Waals surface area contributed by atoms with Crippen LogP contribution in [0.1, 0.15) is 84.8 Å². The highest BCUT2D eigenvalue weighted by atomic mass is 15.0. The summed E-state index contributed by atoms with van der Waals surface area (Å²) in [5.74, 6) is 2.76. The van der Waals surface area contributed by atoms with Crippen LogP contribution in [0.2, 0.25) is 0 Å². The van der Waals surface area contributed by atoms with Crippen molar-refractivity contribution in [3.8, 4) is 12.3 Å². The summed E-state index contributed by atoms with van der Waals surface area (Å²) in [4.78, 5) is 0. The zero-order valence-corrected chi connectivity index (χ0v) is 23.1. The zero-order chi connectivity index (χ0) is 25.9. The van der Waals surface area contributed by atoms with E-state index in [2.05, 4.69) is 102 Å². The van der Waals surface area contributed by atoms with E-state index in [1.54, 1.807) is 0 Å². The Labute approximate surface area is 210 Å². The van der Waals surface area contributed by atoms with E-state index in [4.69, 9.17) is 6.42 Å². The molecule has 2 atom stereocenters. The van der Waals surface area contributed by atoms with Crippen molar-refractivity contribution in [2.75, 3.05) is 0 Å². The van der Waals surface area contributed by atoms with Gasteiger partial charge in [0.2, 0.25) is 0 Å². The van der Waals surface area contributed by atoms with E-state index in [0.29, 0.717) is 12.1 Å². The molecule has 0 radical (unpaired) electrons. The van der Waals surface area contributed by atoms with E-state index >= 15 is 0 Å². The van der Waals surface area contributed by atoms with Crippen LogP contribution in [0.15, 0.2) is 71.6 Å². The molecule has 2 N–H and O–H groups in total. The summed E-state index contributed by atoms with van der Waals surface area (Å²) in [5.41, 5.74) is 8.19. The van der Waals surface area contributed by atoms with Crippen molar-refractivity contribution < 1.29 is 0 Å². The maximum Gasteiger partial charge on any atom is 0.0462 e. The van der Waals surface area contributed by atoms with Gasteiger partial charge in [0.1, 0.15) is 0 Å². The van der Waals surface area contributed by atoms with Crippen LogP contribution in [0.4, 0.5) is 0 Å². The van der Waals surface area contributed by atoms with Crippen molar-refractivity contribution in [3.05, 3.63) is 82.7 Å². The third-order valence-corrected chi connectivity index (χ3v) is 5.96. The number of nitrogens with one attached hydrogen (secondary N) is 2. The molecule has 0 bridgehead atoms. The van der Waals surface area contributed by atoms with Gasteiger partial charge in [-0.2, -0.15) is 0 Å². The van der Waals surface area contributed by atoms with Crippen molar-refractivity contribution in [2.45, 2.75) is 99.6 Å². The normalized spacial score (nSPS) is 18.0. The quantitative estimate of drug-likeness (QED) is 0.317. The fourth-order valence-electron chi connectivity index (χ4n) is 4.21. The van der Waals surface area contributed by atoms with Crippen molar-refractivity contribution in [1.82, 2.24) is 10.6 Å². The summed E-state index contributed by atoms with van der Waals surface area (Å²) in [5, 5.41) is 7.33. The number of hydrogen-bond acceptors (Lipinski definition) is 2. The van der Waals surface area contributed by atoms with E-state index in [9.17, 15) is 0 Å². The topological polar surface area (TPSA) is 24.1 Å². The van der Waals surface area contributed by atoms with Gasteiger partial charge in [-0.3, -0.25) is 0 Å². The smallest absolute Gasteiger partial charge is 0.0462 e. The van der Waals surface area contributed by atoms with Gasteiger partial charge in [0.05, 0.1) is 0 Å². The molecule has 1 aromatic rings. The second-order valence-electron chi connectivity index (χ2n) is 11.1. The van der Waals surface area contributed by atoms with Crippen LogP contribution >= 0.6 is 0 Å². The number of benzene rings is 1. The van der Waals surface area contributed by atoms with Crippen LogP contribution in [-0.4, -0.2) is 12.1 Å². The van der Waals surface area contributed by atoms with Crippen LogP contribution in [0.3, 0.4) is 0 Å². The number of rotatable bonds is 7. The average Bonchev–Trinajstić information content (AvgIpc) is 2.71. The predicted octanol–water partition coefficient (Wildman–Crippen LogP) is 8.16. The summed E-state index contributed by atoms with van der Waals surface area (Å²) in [6.07, 6.45) is 13.5. The number of hydrogen-bond donors (Lipinski definition) is 2. The summed E-state index contributed by atoms with van der Waals surface area (Å²) in [6.45, 7) is 25.6. The summed E-state index contributed by atoms with van der Waals surface area (Å²) < 4.78 is 0. The van der Waals surface area contributed by atoms with Crippen LogP contribution in [-0.2, 0) is 0 Å². The molecule has 1 fully saturated rings. The summed E-state index contributed by atoms with van der Waals surface area (Å²) in [7, 11) is 0. The summed E-state index contributed by atoms with van der Waals surface area (Å²) >= 11 is 0. The minimum absolute atomic E-state index is 0.251. The molecule has 2 unspecified atom stereocenters. The number of terminal acetylenes is 1. The third kappa shape index (κ3) is 11.5. The molecule has 0 aliphatic heterocycles. The van der Waals surface area contributed by atoms with Crippen molar-refractivity contribution in [3.63, 3.8) is 0 Å². The first-order chi connectivity index (χ1) is 15.8. The molecular formula is C32H48N2. The molecule has 0 saturated heterocycles. The van der Waals surface area contributed by atoms with Gasteiger partial charge in [-0.25, -0.2) is 0 Å². The fourth-order valence-corrected chi connectivity index (χ4v) is 4.21. The molecule has 0 heterocycles. The lowest BCUT2D eigenvalue weighted by atomic mass is 9.87. The van der Waals surface area contributed by atoms with Gasteiger partial charge in [-0.05, 0) is 70.9 Å². The van der Waals surface area contributed by atoms with E-state index in [0.717, 1.165) is 41.0 Å². The SMILES string of the molecule is C#CC(/C=C(/C)C(=C)NC1CCCCC1NC(=C)CC(C)(C)C)=C(C)C.Cc1cccc(C)c1. The number of allylic oxidation sites excluding steroid dienone is 5. The molecule has 2 nitrogen and oxygen atoms in total. The maximum atomic E-state index is 5.61. The van der Waals surface area contributed by atoms with Gasteiger partial charge in [0, 0.05) is 29.1 Å². The van der Waals surface area contributed by atoms with Crippen molar-refractivity contribution in [1.29, 1.82) is 0 Å². The fraction of sp³-hybridized carbons (Fsp3) is 0.500. The Morgan fingerprint density at radius 2 is 1.56 bits per heavy atom. The van der Waals surface area contributed by atoms with E-state index in [1.165, 1.54) is 30.4 Å². The second-order valence-corrected chi connectivity index (χ2v) is 11.1. The molecule has 2 heteroatoms. The van der Waals surface area contributed by atoms with Crippen LogP contribution in [0.5, 0.6) is 0 Å². The predicted molar refractivity (Wildman–Crippen MR) is 152 cm³/mol. The highest BCUT2D eigenvalue weighted by Crippen LogP contribution is 2.25. The molecule has 1 aliphatic carbocycles. The Bertz CT molecular complexity index is 909. The van der Waals surface area contributed by atoms with Gasteiger partial charge < -0.3 is 10.6 Å². The zero-order valence-electron chi connectivity index (χ0n) is 23.1. The Morgan fingerprint density at radius 3 is 1.97 bits per heavy atom. The van der Waals surface area contributed by atoms with Crippen molar-refractivity contribution in [2.24, 2.45) is 5.41 Å². The Morgan fingerprint density at radius 1 is 1.03 bits per heavy atom. The van der Waals surface area contributed by atoms with Gasteiger partial charge in [-0.15, -0.1) is 6.42 Å². The largest absolute Gasteiger partial charge is 0.384 e. The molecule has 0 aromatic heterocycles. The molecule has 1 aromatic carbocycles. The van der Waals surface area contributed by atoms with Gasteiger partial charge in [-0.1, -0.05) is 93.7 Å². The highest BCUT2D eigenvalue weighted by molar-refractivity contribution is 5.44. The molecule has 186 valence electrons. The number of aryl methyl sites for hydroxylation is 2. The lowest BCUT2D eigenvalue weighted by Crippen LogP contribution is -2.49. The minimum Gasteiger partial charge on any atom is -0.384 e. The Kier molecular flexibility index (Phi) is 12.0.